The minimum absolute atomic E-state index is 0.0201. The maximum absolute atomic E-state index is 11.6. The molecule has 2 atom stereocenters. The molecule has 0 aromatic heterocycles. The fourth-order valence-electron chi connectivity index (χ4n) is 1.81. The van der Waals surface area contributed by atoms with E-state index in [1.54, 1.807) is 0 Å². The molecule has 1 amide bonds. The second kappa shape index (κ2) is 9.40. The maximum Gasteiger partial charge on any atom is 0.407 e. The maximum atomic E-state index is 11.6. The highest BCUT2D eigenvalue weighted by molar-refractivity contribution is 5.67. The quantitative estimate of drug-likeness (QED) is 0.781. The van der Waals surface area contributed by atoms with E-state index in [2.05, 4.69) is 5.32 Å². The second-order valence-electron chi connectivity index (χ2n) is 5.01. The zero-order valence-corrected chi connectivity index (χ0v) is 12.7. The molecule has 0 bridgehead atoms. The van der Waals surface area contributed by atoms with Gasteiger partial charge < -0.3 is 14.8 Å². The zero-order valence-electron chi connectivity index (χ0n) is 12.7. The van der Waals surface area contributed by atoms with Gasteiger partial charge in [0, 0.05) is 19.9 Å². The van der Waals surface area contributed by atoms with Crippen molar-refractivity contribution >= 4 is 12.1 Å². The van der Waals surface area contributed by atoms with Gasteiger partial charge in [0.2, 0.25) is 0 Å². The molecule has 0 spiro atoms. The summed E-state index contributed by atoms with van der Waals surface area (Å²) < 4.78 is 9.91. The van der Waals surface area contributed by atoms with Gasteiger partial charge in [0.25, 0.3) is 0 Å². The number of carbonyl (C=O) groups excluding carboxylic acids is 2. The van der Waals surface area contributed by atoms with E-state index in [-0.39, 0.29) is 12.5 Å². The highest BCUT2D eigenvalue weighted by Gasteiger charge is 2.16. The second-order valence-corrected chi connectivity index (χ2v) is 5.01. The molecule has 22 heavy (non-hydrogen) atoms. The van der Waals surface area contributed by atoms with Gasteiger partial charge in [-0.1, -0.05) is 37.3 Å². The Morgan fingerprint density at radius 2 is 2.00 bits per heavy atom. The van der Waals surface area contributed by atoms with Gasteiger partial charge in [0.05, 0.1) is 0 Å². The molecule has 0 fully saturated rings. The van der Waals surface area contributed by atoms with Crippen LogP contribution in [0.15, 0.2) is 30.3 Å². The molecular formula is C16H20N2O4. The lowest BCUT2D eigenvalue weighted by atomic mass is 10.0. The minimum Gasteiger partial charge on any atom is -0.447 e. The molecule has 6 nitrogen and oxygen atoms in total. The van der Waals surface area contributed by atoms with Gasteiger partial charge >= 0.3 is 12.1 Å². The Morgan fingerprint density at radius 1 is 1.32 bits per heavy atom. The first-order valence-corrected chi connectivity index (χ1v) is 7.02. The number of ether oxygens (including phenoxy) is 2. The summed E-state index contributed by atoms with van der Waals surface area (Å²) in [4.78, 5) is 22.4. The van der Waals surface area contributed by atoms with Crippen LogP contribution in [0, 0.1) is 17.2 Å². The Bertz CT molecular complexity index is 525. The van der Waals surface area contributed by atoms with Crippen LogP contribution in [0.3, 0.4) is 0 Å². The fraction of sp³-hybridized carbons (Fsp3) is 0.438. The summed E-state index contributed by atoms with van der Waals surface area (Å²) in [5.41, 5.74) is 0.908. The summed E-state index contributed by atoms with van der Waals surface area (Å²) in [5.74, 6) is -0.512. The minimum atomic E-state index is -0.797. The lowest BCUT2D eigenvalue weighted by Crippen LogP contribution is -2.30. The fourth-order valence-corrected chi connectivity index (χ4v) is 1.81. The third-order valence-electron chi connectivity index (χ3n) is 2.88. The van der Waals surface area contributed by atoms with E-state index < -0.39 is 18.2 Å². The zero-order chi connectivity index (χ0) is 16.4. The van der Waals surface area contributed by atoms with Crippen LogP contribution >= 0.6 is 0 Å². The normalized spacial score (nSPS) is 12.6. The van der Waals surface area contributed by atoms with Crippen molar-refractivity contribution in [3.8, 4) is 6.07 Å². The highest BCUT2D eigenvalue weighted by Crippen LogP contribution is 2.08. The molecule has 1 N–H and O–H groups in total. The average Bonchev–Trinajstić information content (AvgIpc) is 2.50. The molecule has 118 valence electrons. The van der Waals surface area contributed by atoms with Crippen molar-refractivity contribution in [2.24, 2.45) is 5.92 Å². The number of nitriles is 1. The van der Waals surface area contributed by atoms with Crippen LogP contribution in [0.1, 0.15) is 25.8 Å². The van der Waals surface area contributed by atoms with Gasteiger partial charge in [-0.15, -0.1) is 0 Å². The number of esters is 1. The van der Waals surface area contributed by atoms with Crippen LogP contribution in [-0.2, 0) is 20.9 Å². The number of amides is 1. The van der Waals surface area contributed by atoms with Crippen molar-refractivity contribution < 1.29 is 19.1 Å². The van der Waals surface area contributed by atoms with Gasteiger partial charge in [0.15, 0.2) is 6.10 Å². The van der Waals surface area contributed by atoms with E-state index >= 15 is 0 Å². The smallest absolute Gasteiger partial charge is 0.407 e. The standard InChI is InChI=1S/C16H20N2O4/c1-12(8-15(9-17)22-13(2)19)10-18-16(20)21-11-14-6-4-3-5-7-14/h3-7,12,15H,8,10-11H2,1-2H3,(H,18,20). The number of rotatable bonds is 7. The lowest BCUT2D eigenvalue weighted by Gasteiger charge is -2.16. The van der Waals surface area contributed by atoms with Gasteiger partial charge in [-0.25, -0.2) is 4.79 Å². The van der Waals surface area contributed by atoms with Crippen molar-refractivity contribution in [3.05, 3.63) is 35.9 Å². The predicted octanol–water partition coefficient (Wildman–Crippen LogP) is 2.39. The Balaban J connectivity index is 2.25. The highest BCUT2D eigenvalue weighted by atomic mass is 16.5. The molecule has 0 radical (unpaired) electrons. The summed E-state index contributed by atoms with van der Waals surface area (Å²) in [6.07, 6.45) is -0.957. The summed E-state index contributed by atoms with van der Waals surface area (Å²) in [6, 6.07) is 11.3. The number of carbonyl (C=O) groups is 2. The number of alkyl carbamates (subject to hydrolysis) is 1. The van der Waals surface area contributed by atoms with Crippen LogP contribution in [0.5, 0.6) is 0 Å². The largest absolute Gasteiger partial charge is 0.447 e. The molecule has 1 aromatic carbocycles. The van der Waals surface area contributed by atoms with Crippen molar-refractivity contribution in [3.63, 3.8) is 0 Å². The Kier molecular flexibility index (Phi) is 7.48. The molecule has 0 aliphatic rings. The first-order valence-electron chi connectivity index (χ1n) is 7.02. The molecule has 0 saturated heterocycles. The van der Waals surface area contributed by atoms with E-state index in [1.807, 2.05) is 43.3 Å². The van der Waals surface area contributed by atoms with Gasteiger partial charge in [-0.2, -0.15) is 5.26 Å². The van der Waals surface area contributed by atoms with Crippen LogP contribution in [0.25, 0.3) is 0 Å². The topological polar surface area (TPSA) is 88.4 Å². The number of hydrogen-bond donors (Lipinski definition) is 1. The first-order chi connectivity index (χ1) is 10.5. The van der Waals surface area contributed by atoms with Crippen LogP contribution in [-0.4, -0.2) is 24.7 Å². The number of nitrogens with one attached hydrogen (secondary N) is 1. The summed E-state index contributed by atoms with van der Waals surface area (Å²) in [7, 11) is 0. The molecule has 0 aliphatic carbocycles. The first kappa shape index (κ1) is 17.5. The molecule has 0 aliphatic heterocycles. The van der Waals surface area contributed by atoms with E-state index in [1.165, 1.54) is 6.92 Å². The third-order valence-corrected chi connectivity index (χ3v) is 2.88. The van der Waals surface area contributed by atoms with Crippen molar-refractivity contribution in [1.82, 2.24) is 5.32 Å². The van der Waals surface area contributed by atoms with Crippen molar-refractivity contribution in [1.29, 1.82) is 5.26 Å². The average molecular weight is 304 g/mol. The van der Waals surface area contributed by atoms with Crippen LogP contribution in [0.4, 0.5) is 4.79 Å². The molecule has 6 heteroatoms. The third kappa shape index (κ3) is 7.29. The SMILES string of the molecule is CC(=O)OC(C#N)CC(C)CNC(=O)OCc1ccccc1. The number of nitrogens with zero attached hydrogens (tertiary/aromatic N) is 1. The Morgan fingerprint density at radius 3 is 2.59 bits per heavy atom. The molecule has 2 unspecified atom stereocenters. The van der Waals surface area contributed by atoms with Gasteiger partial charge in [-0.3, -0.25) is 4.79 Å². The number of hydrogen-bond acceptors (Lipinski definition) is 5. The van der Waals surface area contributed by atoms with E-state index in [4.69, 9.17) is 14.7 Å². The lowest BCUT2D eigenvalue weighted by molar-refractivity contribution is -0.144. The van der Waals surface area contributed by atoms with Crippen molar-refractivity contribution in [2.75, 3.05) is 6.54 Å². The van der Waals surface area contributed by atoms with E-state index in [0.29, 0.717) is 13.0 Å². The van der Waals surface area contributed by atoms with E-state index in [0.717, 1.165) is 5.56 Å². The van der Waals surface area contributed by atoms with Gasteiger partial charge in [-0.05, 0) is 11.5 Å². The predicted molar refractivity (Wildman–Crippen MR) is 79.6 cm³/mol. The van der Waals surface area contributed by atoms with E-state index in [9.17, 15) is 9.59 Å². The monoisotopic (exact) mass is 304 g/mol. The molecule has 0 saturated carbocycles. The number of benzene rings is 1. The van der Waals surface area contributed by atoms with Gasteiger partial charge in [0.1, 0.15) is 12.7 Å². The molecular weight excluding hydrogens is 284 g/mol. The summed E-state index contributed by atoms with van der Waals surface area (Å²) in [6.45, 7) is 3.65. The van der Waals surface area contributed by atoms with Crippen LogP contribution in [0.2, 0.25) is 0 Å². The molecule has 1 rings (SSSR count). The molecule has 0 heterocycles. The molecule has 1 aromatic rings. The summed E-state index contributed by atoms with van der Waals surface area (Å²) in [5, 5.41) is 11.5. The Labute approximate surface area is 130 Å². The van der Waals surface area contributed by atoms with Crippen LogP contribution < -0.4 is 5.32 Å². The van der Waals surface area contributed by atoms with Crippen molar-refractivity contribution in [2.45, 2.75) is 33.0 Å². The summed E-state index contributed by atoms with van der Waals surface area (Å²) >= 11 is 0. The Hall–Kier alpha value is -2.55.